The van der Waals surface area contributed by atoms with E-state index in [4.69, 9.17) is 4.74 Å². The van der Waals surface area contributed by atoms with E-state index in [0.29, 0.717) is 11.8 Å². The van der Waals surface area contributed by atoms with Crippen molar-refractivity contribution in [3.05, 3.63) is 53.6 Å². The molecule has 0 saturated carbocycles. The van der Waals surface area contributed by atoms with Crippen molar-refractivity contribution in [2.45, 2.75) is 65.8 Å². The summed E-state index contributed by atoms with van der Waals surface area (Å²) in [5.41, 5.74) is 3.08. The molecule has 138 valence electrons. The van der Waals surface area contributed by atoms with E-state index in [9.17, 15) is 0 Å². The maximum atomic E-state index is 6.09. The molecule has 0 unspecified atom stereocenters. The molecule has 26 heavy (non-hydrogen) atoms. The van der Waals surface area contributed by atoms with E-state index in [0.717, 1.165) is 28.3 Å². The zero-order valence-electron chi connectivity index (χ0n) is 17.0. The van der Waals surface area contributed by atoms with Gasteiger partial charge in [-0.3, -0.25) is 0 Å². The third kappa shape index (κ3) is 5.57. The summed E-state index contributed by atoms with van der Waals surface area (Å²) in [5, 5.41) is 0. The lowest BCUT2D eigenvalue weighted by Gasteiger charge is -2.18. The first-order chi connectivity index (χ1) is 12.2. The number of hydrogen-bond donors (Lipinski definition) is 0. The molecule has 2 rings (SSSR count). The fourth-order valence-corrected chi connectivity index (χ4v) is 2.57. The Hall–Kier alpha value is -2.38. The predicted molar refractivity (Wildman–Crippen MR) is 110 cm³/mol. The molecular weight excluding hydrogens is 320 g/mol. The normalized spacial score (nSPS) is 11.4. The maximum Gasteiger partial charge on any atom is 0.128 e. The third-order valence-corrected chi connectivity index (χ3v) is 3.91. The quantitative estimate of drug-likeness (QED) is 0.520. The molecule has 0 aliphatic carbocycles. The molecule has 0 radical (unpaired) electrons. The van der Waals surface area contributed by atoms with E-state index in [1.54, 1.807) is 0 Å². The van der Waals surface area contributed by atoms with Crippen LogP contribution in [0.15, 0.2) is 52.4 Å². The van der Waals surface area contributed by atoms with Crippen LogP contribution in [0, 0.1) is 0 Å². The molecule has 2 aromatic carbocycles. The van der Waals surface area contributed by atoms with Crippen LogP contribution in [0.25, 0.3) is 0 Å². The van der Waals surface area contributed by atoms with Crippen LogP contribution in [-0.4, -0.2) is 11.5 Å². The van der Waals surface area contributed by atoms with E-state index < -0.39 is 0 Å². The predicted octanol–water partition coefficient (Wildman–Crippen LogP) is 7.33. The number of benzene rings is 2. The molecule has 0 aliphatic heterocycles. The van der Waals surface area contributed by atoms with E-state index in [1.807, 2.05) is 51.1 Å². The highest BCUT2D eigenvalue weighted by atomic mass is 16.5. The molecular formula is C23H30N2O. The Balaban J connectivity index is 2.55. The molecule has 0 heterocycles. The van der Waals surface area contributed by atoms with Gasteiger partial charge in [-0.1, -0.05) is 45.9 Å². The van der Waals surface area contributed by atoms with Crippen LogP contribution < -0.4 is 4.74 Å². The number of nitrogens with zero attached hydrogens (tertiary/aromatic N) is 2. The van der Waals surface area contributed by atoms with E-state index in [1.165, 1.54) is 0 Å². The van der Waals surface area contributed by atoms with Crippen molar-refractivity contribution < 1.29 is 4.74 Å². The molecule has 3 nitrogen and oxygen atoms in total. The molecule has 0 saturated heterocycles. The maximum absolute atomic E-state index is 6.09. The van der Waals surface area contributed by atoms with Crippen molar-refractivity contribution in [1.29, 1.82) is 0 Å². The lowest BCUT2D eigenvalue weighted by molar-refractivity contribution is 0.480. The van der Waals surface area contributed by atoms with Gasteiger partial charge in [0.25, 0.3) is 0 Å². The smallest absolute Gasteiger partial charge is 0.128 e. The Kier molecular flexibility index (Phi) is 6.39. The standard InChI is InChI=1S/C23H30N2O/c1-16(2)20-13-19(26-18-11-9-8-10-12-18)14-21(17(3)4)22(20)24-15-25-23(5,6)7/h8-14,16-17H,1-7H3. The Morgan fingerprint density at radius 3 is 1.85 bits per heavy atom. The molecule has 0 amide bonds. The zero-order valence-corrected chi connectivity index (χ0v) is 17.0. The van der Waals surface area contributed by atoms with Crippen molar-refractivity contribution in [1.82, 2.24) is 0 Å². The van der Waals surface area contributed by atoms with E-state index in [2.05, 4.69) is 55.8 Å². The summed E-state index contributed by atoms with van der Waals surface area (Å²) in [6.07, 6.45) is 0. The number of ether oxygens (including phenoxy) is 1. The summed E-state index contributed by atoms with van der Waals surface area (Å²) >= 11 is 0. The lowest BCUT2D eigenvalue weighted by atomic mass is 9.92. The van der Waals surface area contributed by atoms with Crippen LogP contribution >= 0.6 is 0 Å². The molecule has 0 aromatic heterocycles. The molecule has 0 fully saturated rings. The fourth-order valence-electron chi connectivity index (χ4n) is 2.57. The van der Waals surface area contributed by atoms with Crippen LogP contribution in [0.1, 0.15) is 71.4 Å². The van der Waals surface area contributed by atoms with Crippen LogP contribution in [0.3, 0.4) is 0 Å². The monoisotopic (exact) mass is 350 g/mol. The lowest BCUT2D eigenvalue weighted by Crippen LogP contribution is -2.08. The van der Waals surface area contributed by atoms with E-state index in [-0.39, 0.29) is 5.54 Å². The van der Waals surface area contributed by atoms with Crippen LogP contribution in [0.5, 0.6) is 11.5 Å². The van der Waals surface area contributed by atoms with Gasteiger partial charge >= 0.3 is 0 Å². The van der Waals surface area contributed by atoms with Gasteiger partial charge in [0, 0.05) is 0 Å². The van der Waals surface area contributed by atoms with Crippen molar-refractivity contribution in [2.24, 2.45) is 9.98 Å². The van der Waals surface area contributed by atoms with Gasteiger partial charge < -0.3 is 4.74 Å². The minimum absolute atomic E-state index is 0.185. The second-order valence-electron chi connectivity index (χ2n) is 8.17. The first-order valence-electron chi connectivity index (χ1n) is 9.25. The summed E-state index contributed by atoms with van der Waals surface area (Å²) < 4.78 is 6.09. The molecule has 0 bridgehead atoms. The van der Waals surface area contributed by atoms with Gasteiger partial charge in [-0.2, -0.15) is 4.99 Å². The highest BCUT2D eigenvalue weighted by molar-refractivity contribution is 5.64. The third-order valence-electron chi connectivity index (χ3n) is 3.91. The Labute approximate surface area is 157 Å². The fraction of sp³-hybridized carbons (Fsp3) is 0.435. The first kappa shape index (κ1) is 19.9. The first-order valence-corrected chi connectivity index (χ1v) is 9.25. The highest BCUT2D eigenvalue weighted by Crippen LogP contribution is 2.39. The molecule has 0 aliphatic rings. The number of hydrogen-bond acceptors (Lipinski definition) is 3. The van der Waals surface area contributed by atoms with Gasteiger partial charge in [0.05, 0.1) is 17.2 Å². The zero-order chi connectivity index (χ0) is 19.3. The van der Waals surface area contributed by atoms with Gasteiger partial charge in [0.1, 0.15) is 11.5 Å². The Morgan fingerprint density at radius 2 is 1.38 bits per heavy atom. The summed E-state index contributed by atoms with van der Waals surface area (Å²) in [5.74, 6) is 2.32. The Morgan fingerprint density at radius 1 is 0.846 bits per heavy atom. The van der Waals surface area contributed by atoms with Crippen LogP contribution in [0.2, 0.25) is 0 Å². The van der Waals surface area contributed by atoms with Gasteiger partial charge in [-0.25, -0.2) is 4.99 Å². The van der Waals surface area contributed by atoms with Crippen LogP contribution in [0.4, 0.5) is 5.69 Å². The van der Waals surface area contributed by atoms with Crippen molar-refractivity contribution >= 4 is 11.7 Å². The summed E-state index contributed by atoms with van der Waals surface area (Å²) in [7, 11) is 0. The summed E-state index contributed by atoms with van der Waals surface area (Å²) in [6.45, 7) is 14.8. The van der Waals surface area contributed by atoms with Crippen LogP contribution in [-0.2, 0) is 0 Å². The summed E-state index contributed by atoms with van der Waals surface area (Å²) in [4.78, 5) is 9.00. The Bertz CT molecular complexity index is 764. The second-order valence-corrected chi connectivity index (χ2v) is 8.17. The molecule has 2 aromatic rings. The van der Waals surface area contributed by atoms with Crippen molar-refractivity contribution in [2.75, 3.05) is 0 Å². The SMILES string of the molecule is CC(C)c1cc(Oc2ccccc2)cc(C(C)C)c1N=C=NC(C)(C)C. The minimum Gasteiger partial charge on any atom is -0.457 e. The molecule has 0 spiro atoms. The molecule has 3 heteroatoms. The average molecular weight is 351 g/mol. The van der Waals surface area contributed by atoms with Gasteiger partial charge in [0.15, 0.2) is 0 Å². The number of para-hydroxylation sites is 1. The molecule has 0 N–H and O–H groups in total. The second kappa shape index (κ2) is 8.33. The van der Waals surface area contributed by atoms with Gasteiger partial charge in [0.2, 0.25) is 0 Å². The van der Waals surface area contributed by atoms with E-state index >= 15 is 0 Å². The van der Waals surface area contributed by atoms with Crippen molar-refractivity contribution in [3.8, 4) is 11.5 Å². The largest absolute Gasteiger partial charge is 0.457 e. The summed E-state index contributed by atoms with van der Waals surface area (Å²) in [6, 6.07) is 16.9. The van der Waals surface area contributed by atoms with Gasteiger partial charge in [-0.15, -0.1) is 0 Å². The molecule has 0 atom stereocenters. The number of rotatable bonds is 5. The topological polar surface area (TPSA) is 34.0 Å². The van der Waals surface area contributed by atoms with Crippen molar-refractivity contribution in [3.63, 3.8) is 0 Å². The number of aliphatic imine (C=N–C) groups is 2. The average Bonchev–Trinajstić information content (AvgIpc) is 2.55. The van der Waals surface area contributed by atoms with Gasteiger partial charge in [-0.05, 0) is 68.0 Å². The highest BCUT2D eigenvalue weighted by Gasteiger charge is 2.17. The minimum atomic E-state index is -0.185.